The Morgan fingerprint density at radius 3 is 2.61 bits per heavy atom. The lowest BCUT2D eigenvalue weighted by molar-refractivity contribution is -0.111. The summed E-state index contributed by atoms with van der Waals surface area (Å²) >= 11 is 5.95. The summed E-state index contributed by atoms with van der Waals surface area (Å²) in [4.78, 5) is 11.5. The fraction of sp³-hybridized carbons (Fsp3) is 0.250. The maximum atomic E-state index is 11.5. The van der Waals surface area contributed by atoms with E-state index in [0.717, 1.165) is 0 Å². The molecule has 3 N–H and O–H groups in total. The molecule has 0 spiro atoms. The highest BCUT2D eigenvalue weighted by Gasteiger charge is 2.11. The van der Waals surface area contributed by atoms with E-state index in [1.165, 1.54) is 20.3 Å². The van der Waals surface area contributed by atoms with E-state index in [4.69, 9.17) is 26.8 Å². The lowest BCUT2D eigenvalue weighted by atomic mass is 10.2. The van der Waals surface area contributed by atoms with E-state index in [2.05, 4.69) is 5.32 Å². The first-order valence-corrected chi connectivity index (χ1v) is 5.59. The number of ether oxygens (including phenoxy) is 2. The Balaban J connectivity index is 2.99. The number of carbonyl (C=O) groups excluding carboxylic acids is 1. The van der Waals surface area contributed by atoms with Crippen molar-refractivity contribution in [1.29, 1.82) is 0 Å². The Morgan fingerprint density at radius 2 is 2.06 bits per heavy atom. The lowest BCUT2D eigenvalue weighted by Gasteiger charge is -2.12. The number of rotatable bonds is 5. The maximum absolute atomic E-state index is 11.5. The number of amides is 1. The molecular formula is C12H15ClN2O3. The van der Waals surface area contributed by atoms with Crippen molar-refractivity contribution in [3.63, 3.8) is 0 Å². The Hall–Kier alpha value is -1.72. The molecule has 0 aliphatic heterocycles. The van der Waals surface area contributed by atoms with Crippen molar-refractivity contribution in [1.82, 2.24) is 0 Å². The van der Waals surface area contributed by atoms with Gasteiger partial charge in [0, 0.05) is 24.8 Å². The number of hydrogen-bond acceptors (Lipinski definition) is 4. The van der Waals surface area contributed by atoms with Gasteiger partial charge in [0.1, 0.15) is 11.5 Å². The van der Waals surface area contributed by atoms with Crippen molar-refractivity contribution < 1.29 is 14.3 Å². The molecule has 0 saturated heterocycles. The van der Waals surface area contributed by atoms with Crippen LogP contribution in [0.15, 0.2) is 24.3 Å². The topological polar surface area (TPSA) is 73.6 Å². The van der Waals surface area contributed by atoms with Gasteiger partial charge in [0.05, 0.1) is 24.9 Å². The number of benzene rings is 1. The number of halogens is 1. The van der Waals surface area contributed by atoms with Gasteiger partial charge in [-0.05, 0) is 0 Å². The standard InChI is InChI=1S/C12H15ClN2O3/c1-17-10-7-9(11(18-2)6-8(10)13)15-12(16)4-3-5-14/h3-4,6-7H,5,14H2,1-2H3,(H,15,16)/b4-3+. The summed E-state index contributed by atoms with van der Waals surface area (Å²) in [5.74, 6) is 0.606. The fourth-order valence-electron chi connectivity index (χ4n) is 1.31. The van der Waals surface area contributed by atoms with E-state index in [9.17, 15) is 4.79 Å². The molecule has 5 nitrogen and oxygen atoms in total. The van der Waals surface area contributed by atoms with E-state index in [0.29, 0.717) is 28.8 Å². The van der Waals surface area contributed by atoms with Gasteiger partial charge in [-0.2, -0.15) is 0 Å². The average molecular weight is 271 g/mol. The molecule has 0 saturated carbocycles. The highest BCUT2D eigenvalue weighted by molar-refractivity contribution is 6.32. The minimum absolute atomic E-state index is 0.300. The first kappa shape index (κ1) is 14.3. The van der Waals surface area contributed by atoms with Crippen LogP contribution in [0.4, 0.5) is 5.69 Å². The zero-order chi connectivity index (χ0) is 13.5. The molecule has 0 aromatic heterocycles. The Morgan fingerprint density at radius 1 is 1.39 bits per heavy atom. The van der Waals surface area contributed by atoms with E-state index in [1.54, 1.807) is 18.2 Å². The van der Waals surface area contributed by atoms with E-state index < -0.39 is 0 Å². The smallest absolute Gasteiger partial charge is 0.248 e. The van der Waals surface area contributed by atoms with Crippen molar-refractivity contribution in [3.8, 4) is 11.5 Å². The number of carbonyl (C=O) groups is 1. The second kappa shape index (κ2) is 6.88. The Kier molecular flexibility index (Phi) is 5.48. The molecule has 0 atom stereocenters. The van der Waals surface area contributed by atoms with Gasteiger partial charge in [-0.25, -0.2) is 0 Å². The molecule has 0 unspecified atom stereocenters. The summed E-state index contributed by atoms with van der Waals surface area (Å²) in [6, 6.07) is 3.16. The van der Waals surface area contributed by atoms with Crippen molar-refractivity contribution in [2.75, 3.05) is 26.1 Å². The zero-order valence-electron chi connectivity index (χ0n) is 10.2. The number of nitrogens with two attached hydrogens (primary N) is 1. The van der Waals surface area contributed by atoms with Crippen molar-refractivity contribution in [2.45, 2.75) is 0 Å². The van der Waals surface area contributed by atoms with Gasteiger partial charge in [-0.1, -0.05) is 17.7 Å². The summed E-state index contributed by atoms with van der Waals surface area (Å²) in [7, 11) is 2.98. The summed E-state index contributed by atoms with van der Waals surface area (Å²) in [5.41, 5.74) is 5.74. The lowest BCUT2D eigenvalue weighted by Crippen LogP contribution is -2.10. The average Bonchev–Trinajstić information content (AvgIpc) is 2.37. The number of anilines is 1. The van der Waals surface area contributed by atoms with Crippen LogP contribution in [-0.2, 0) is 4.79 Å². The third kappa shape index (κ3) is 3.65. The highest BCUT2D eigenvalue weighted by atomic mass is 35.5. The van der Waals surface area contributed by atoms with Crippen LogP contribution < -0.4 is 20.5 Å². The van der Waals surface area contributed by atoms with Gasteiger partial charge in [-0.3, -0.25) is 4.79 Å². The minimum atomic E-state index is -0.303. The molecule has 0 aliphatic carbocycles. The largest absolute Gasteiger partial charge is 0.495 e. The van der Waals surface area contributed by atoms with Crippen LogP contribution in [0.2, 0.25) is 5.02 Å². The van der Waals surface area contributed by atoms with Crippen LogP contribution in [0.25, 0.3) is 0 Å². The van der Waals surface area contributed by atoms with Crippen molar-refractivity contribution >= 4 is 23.2 Å². The summed E-state index contributed by atoms with van der Waals surface area (Å²) in [6.45, 7) is 0.300. The van der Waals surface area contributed by atoms with Crippen molar-refractivity contribution in [2.24, 2.45) is 5.73 Å². The quantitative estimate of drug-likeness (QED) is 0.801. The van der Waals surface area contributed by atoms with Gasteiger partial charge in [0.2, 0.25) is 5.91 Å². The van der Waals surface area contributed by atoms with Gasteiger partial charge < -0.3 is 20.5 Å². The van der Waals surface area contributed by atoms with Crippen LogP contribution in [-0.4, -0.2) is 26.7 Å². The molecule has 18 heavy (non-hydrogen) atoms. The highest BCUT2D eigenvalue weighted by Crippen LogP contribution is 2.35. The molecule has 1 aromatic carbocycles. The van der Waals surface area contributed by atoms with Gasteiger partial charge in [0.15, 0.2) is 0 Å². The van der Waals surface area contributed by atoms with Gasteiger partial charge in [-0.15, -0.1) is 0 Å². The van der Waals surface area contributed by atoms with E-state index >= 15 is 0 Å². The van der Waals surface area contributed by atoms with Gasteiger partial charge >= 0.3 is 0 Å². The Bertz CT molecular complexity index is 461. The molecule has 0 bridgehead atoms. The van der Waals surface area contributed by atoms with Crippen LogP contribution in [0.1, 0.15) is 0 Å². The van der Waals surface area contributed by atoms with Crippen LogP contribution in [0.3, 0.4) is 0 Å². The van der Waals surface area contributed by atoms with Crippen LogP contribution in [0, 0.1) is 0 Å². The third-order valence-electron chi connectivity index (χ3n) is 2.14. The Labute approximate surface area is 111 Å². The molecule has 0 heterocycles. The molecule has 1 amide bonds. The number of hydrogen-bond donors (Lipinski definition) is 2. The maximum Gasteiger partial charge on any atom is 0.248 e. The fourth-order valence-corrected chi connectivity index (χ4v) is 1.54. The third-order valence-corrected chi connectivity index (χ3v) is 2.43. The molecule has 0 aliphatic rings. The summed E-state index contributed by atoms with van der Waals surface area (Å²) < 4.78 is 10.2. The monoisotopic (exact) mass is 270 g/mol. The van der Waals surface area contributed by atoms with Crippen LogP contribution >= 0.6 is 11.6 Å². The van der Waals surface area contributed by atoms with Crippen molar-refractivity contribution in [3.05, 3.63) is 29.3 Å². The summed E-state index contributed by atoms with van der Waals surface area (Å²) in [5, 5.41) is 3.06. The van der Waals surface area contributed by atoms with E-state index in [-0.39, 0.29) is 5.91 Å². The molecule has 0 fully saturated rings. The normalized spacial score (nSPS) is 10.4. The molecule has 1 rings (SSSR count). The first-order chi connectivity index (χ1) is 8.62. The minimum Gasteiger partial charge on any atom is -0.495 e. The van der Waals surface area contributed by atoms with Gasteiger partial charge in [0.25, 0.3) is 0 Å². The second-order valence-electron chi connectivity index (χ2n) is 3.31. The van der Waals surface area contributed by atoms with E-state index in [1.807, 2.05) is 0 Å². The number of methoxy groups -OCH3 is 2. The summed E-state index contributed by atoms with van der Waals surface area (Å²) in [6.07, 6.45) is 2.90. The molecule has 6 heteroatoms. The molecule has 0 radical (unpaired) electrons. The zero-order valence-corrected chi connectivity index (χ0v) is 11.0. The first-order valence-electron chi connectivity index (χ1n) is 5.21. The predicted octanol–water partition coefficient (Wildman–Crippen LogP) is 1.81. The molecule has 98 valence electrons. The molecule has 1 aromatic rings. The second-order valence-corrected chi connectivity index (χ2v) is 3.72. The predicted molar refractivity (Wildman–Crippen MR) is 71.4 cm³/mol. The number of nitrogens with one attached hydrogen (secondary N) is 1. The SMILES string of the molecule is COc1cc(NC(=O)/C=C/CN)c(OC)cc1Cl. The van der Waals surface area contributed by atoms with Crippen LogP contribution in [0.5, 0.6) is 11.5 Å². The molecular weight excluding hydrogens is 256 g/mol.